The molecule has 7 heteroatoms. The molecule has 0 unspecified atom stereocenters. The van der Waals surface area contributed by atoms with Crippen molar-refractivity contribution in [1.29, 1.82) is 0 Å². The fourth-order valence-corrected chi connectivity index (χ4v) is 2.82. The lowest BCUT2D eigenvalue weighted by Crippen LogP contribution is -2.31. The van der Waals surface area contributed by atoms with Gasteiger partial charge in [-0.05, 0) is 36.8 Å². The molecule has 1 aliphatic rings. The largest absolute Gasteiger partial charge is 0.478 e. The molecule has 2 aromatic carbocycles. The molecule has 3 rings (SSSR count). The number of imide groups is 1. The second kappa shape index (κ2) is 6.79. The zero-order valence-electron chi connectivity index (χ0n) is 13.9. The van der Waals surface area contributed by atoms with Crippen LogP contribution in [-0.2, 0) is 11.3 Å². The lowest BCUT2D eigenvalue weighted by molar-refractivity contribution is 0.0513. The lowest BCUT2D eigenvalue weighted by atomic mass is 10.0. The van der Waals surface area contributed by atoms with Crippen LogP contribution in [0.4, 0.5) is 0 Å². The summed E-state index contributed by atoms with van der Waals surface area (Å²) in [6.07, 6.45) is 0. The molecule has 0 bridgehead atoms. The molecule has 1 heterocycles. The second-order valence-electron chi connectivity index (χ2n) is 5.64. The van der Waals surface area contributed by atoms with E-state index in [-0.39, 0.29) is 29.8 Å². The molecule has 0 aliphatic carbocycles. The average Bonchev–Trinajstić information content (AvgIpc) is 2.98. The summed E-state index contributed by atoms with van der Waals surface area (Å²) in [5.74, 6) is -3.20. The molecule has 7 nitrogen and oxygen atoms in total. The van der Waals surface area contributed by atoms with Crippen LogP contribution in [0.1, 0.15) is 53.9 Å². The Labute approximate surface area is 148 Å². The van der Waals surface area contributed by atoms with Crippen molar-refractivity contribution >= 4 is 23.8 Å². The highest BCUT2D eigenvalue weighted by Crippen LogP contribution is 2.25. The SMILES string of the molecule is CCOC(=O)c1ccc(C(=O)N2Cc3ccccc3C2=O)cc1C(=O)O. The maximum atomic E-state index is 12.7. The standard InChI is InChI=1S/C19H15NO6/c1-2-26-19(25)14-8-7-11(9-15(14)18(23)24)16(21)20-10-12-5-3-4-6-13(12)17(20)22/h3-9H,2,10H2,1H3,(H,23,24). The summed E-state index contributed by atoms with van der Waals surface area (Å²) in [5, 5.41) is 9.35. The monoisotopic (exact) mass is 353 g/mol. The Morgan fingerprint density at radius 2 is 1.85 bits per heavy atom. The summed E-state index contributed by atoms with van der Waals surface area (Å²) in [5.41, 5.74) is 0.692. The van der Waals surface area contributed by atoms with Gasteiger partial charge in [-0.3, -0.25) is 14.5 Å². The van der Waals surface area contributed by atoms with Gasteiger partial charge in [-0.25, -0.2) is 9.59 Å². The van der Waals surface area contributed by atoms with E-state index < -0.39 is 23.8 Å². The molecule has 0 saturated carbocycles. The van der Waals surface area contributed by atoms with E-state index in [1.54, 1.807) is 31.2 Å². The number of carbonyl (C=O) groups is 4. The van der Waals surface area contributed by atoms with Crippen molar-refractivity contribution in [3.63, 3.8) is 0 Å². The zero-order valence-corrected chi connectivity index (χ0v) is 13.9. The van der Waals surface area contributed by atoms with Crippen LogP contribution >= 0.6 is 0 Å². The number of amides is 2. The van der Waals surface area contributed by atoms with Gasteiger partial charge in [-0.1, -0.05) is 18.2 Å². The van der Waals surface area contributed by atoms with E-state index in [0.717, 1.165) is 16.5 Å². The number of hydrogen-bond donors (Lipinski definition) is 1. The Morgan fingerprint density at radius 1 is 1.12 bits per heavy atom. The Bertz CT molecular complexity index is 933. The van der Waals surface area contributed by atoms with Crippen molar-refractivity contribution in [2.75, 3.05) is 6.61 Å². The molecule has 0 saturated heterocycles. The molecule has 0 radical (unpaired) electrons. The third-order valence-electron chi connectivity index (χ3n) is 4.06. The minimum absolute atomic E-state index is 0.0107. The highest BCUT2D eigenvalue weighted by atomic mass is 16.5. The van der Waals surface area contributed by atoms with Gasteiger partial charge < -0.3 is 9.84 Å². The summed E-state index contributed by atoms with van der Waals surface area (Å²) in [6.45, 7) is 1.82. The van der Waals surface area contributed by atoms with Gasteiger partial charge in [0.1, 0.15) is 0 Å². The lowest BCUT2D eigenvalue weighted by Gasteiger charge is -2.15. The minimum atomic E-state index is -1.36. The van der Waals surface area contributed by atoms with Crippen LogP contribution in [0.25, 0.3) is 0 Å². The summed E-state index contributed by atoms with van der Waals surface area (Å²) in [4.78, 5) is 49.5. The smallest absolute Gasteiger partial charge is 0.338 e. The predicted molar refractivity (Wildman–Crippen MR) is 90.0 cm³/mol. The van der Waals surface area contributed by atoms with Gasteiger partial charge >= 0.3 is 11.9 Å². The predicted octanol–water partition coefficient (Wildman–Crippen LogP) is 2.36. The summed E-state index contributed by atoms with van der Waals surface area (Å²) < 4.78 is 4.83. The number of aromatic carboxylic acids is 1. The Balaban J connectivity index is 1.94. The van der Waals surface area contributed by atoms with E-state index in [9.17, 15) is 24.3 Å². The van der Waals surface area contributed by atoms with Crippen molar-refractivity contribution in [3.8, 4) is 0 Å². The molecular weight excluding hydrogens is 338 g/mol. The van der Waals surface area contributed by atoms with Gasteiger partial charge in [0, 0.05) is 11.1 Å². The van der Waals surface area contributed by atoms with Crippen molar-refractivity contribution in [3.05, 3.63) is 70.3 Å². The molecule has 132 valence electrons. The van der Waals surface area contributed by atoms with E-state index in [1.807, 2.05) is 0 Å². The fraction of sp³-hybridized carbons (Fsp3) is 0.158. The second-order valence-corrected chi connectivity index (χ2v) is 5.64. The van der Waals surface area contributed by atoms with E-state index in [2.05, 4.69) is 0 Å². The number of benzene rings is 2. The molecular formula is C19H15NO6. The zero-order chi connectivity index (χ0) is 18.8. The quantitative estimate of drug-likeness (QED) is 0.669. The molecule has 2 amide bonds. The molecule has 1 aliphatic heterocycles. The summed E-state index contributed by atoms with van der Waals surface area (Å²) in [6, 6.07) is 10.5. The van der Waals surface area contributed by atoms with Crippen LogP contribution in [-0.4, -0.2) is 40.4 Å². The molecule has 0 atom stereocenters. The summed E-state index contributed by atoms with van der Waals surface area (Å²) in [7, 11) is 0. The van der Waals surface area contributed by atoms with Crippen molar-refractivity contribution in [2.24, 2.45) is 0 Å². The third-order valence-corrected chi connectivity index (χ3v) is 4.06. The molecule has 2 aromatic rings. The van der Waals surface area contributed by atoms with Crippen molar-refractivity contribution in [1.82, 2.24) is 4.90 Å². The van der Waals surface area contributed by atoms with Crippen LogP contribution in [0, 0.1) is 0 Å². The van der Waals surface area contributed by atoms with Gasteiger partial charge in [-0.2, -0.15) is 0 Å². The maximum Gasteiger partial charge on any atom is 0.338 e. The highest BCUT2D eigenvalue weighted by molar-refractivity contribution is 6.13. The molecule has 0 fully saturated rings. The maximum absolute atomic E-state index is 12.7. The van der Waals surface area contributed by atoms with Crippen molar-refractivity contribution < 1.29 is 29.0 Å². The van der Waals surface area contributed by atoms with Gasteiger partial charge in [0.15, 0.2) is 0 Å². The first-order chi connectivity index (χ1) is 12.4. The number of hydrogen-bond acceptors (Lipinski definition) is 5. The summed E-state index contributed by atoms with van der Waals surface area (Å²) >= 11 is 0. The number of carboxylic acid groups (broad SMARTS) is 1. The van der Waals surface area contributed by atoms with Gasteiger partial charge in [-0.15, -0.1) is 0 Å². The molecule has 0 spiro atoms. The number of nitrogens with zero attached hydrogens (tertiary/aromatic N) is 1. The highest BCUT2D eigenvalue weighted by Gasteiger charge is 2.33. The number of fused-ring (bicyclic) bond motifs is 1. The first kappa shape index (κ1) is 17.3. The van der Waals surface area contributed by atoms with Crippen LogP contribution in [0.2, 0.25) is 0 Å². The number of carboxylic acids is 1. The normalized spacial score (nSPS) is 12.7. The Morgan fingerprint density at radius 3 is 2.50 bits per heavy atom. The fourth-order valence-electron chi connectivity index (χ4n) is 2.82. The number of rotatable bonds is 4. The van der Waals surface area contributed by atoms with Gasteiger partial charge in [0.2, 0.25) is 0 Å². The van der Waals surface area contributed by atoms with Crippen LogP contribution in [0.15, 0.2) is 42.5 Å². The number of carbonyl (C=O) groups excluding carboxylic acids is 3. The van der Waals surface area contributed by atoms with Gasteiger partial charge in [0.25, 0.3) is 11.8 Å². The number of ether oxygens (including phenoxy) is 1. The third kappa shape index (κ3) is 2.95. The first-order valence-electron chi connectivity index (χ1n) is 7.92. The van der Waals surface area contributed by atoms with E-state index in [1.165, 1.54) is 12.1 Å². The molecule has 1 N–H and O–H groups in total. The molecule has 0 aromatic heterocycles. The Kier molecular flexibility index (Phi) is 4.53. The minimum Gasteiger partial charge on any atom is -0.478 e. The average molecular weight is 353 g/mol. The van der Waals surface area contributed by atoms with Crippen LogP contribution < -0.4 is 0 Å². The van der Waals surface area contributed by atoms with E-state index in [4.69, 9.17) is 4.74 Å². The number of esters is 1. The van der Waals surface area contributed by atoms with E-state index in [0.29, 0.717) is 5.56 Å². The van der Waals surface area contributed by atoms with Crippen LogP contribution in [0.5, 0.6) is 0 Å². The van der Waals surface area contributed by atoms with Crippen molar-refractivity contribution in [2.45, 2.75) is 13.5 Å². The first-order valence-corrected chi connectivity index (χ1v) is 7.92. The molecule has 26 heavy (non-hydrogen) atoms. The topological polar surface area (TPSA) is 101 Å². The Hall–Kier alpha value is -3.48. The van der Waals surface area contributed by atoms with Crippen LogP contribution in [0.3, 0.4) is 0 Å². The van der Waals surface area contributed by atoms with Gasteiger partial charge in [0.05, 0.1) is 24.3 Å². The van der Waals surface area contributed by atoms with E-state index >= 15 is 0 Å².